The molecule has 164 valence electrons. The van der Waals surface area contributed by atoms with Crippen LogP contribution in [-0.2, 0) is 12.8 Å². The third-order valence-corrected chi connectivity index (χ3v) is 5.79. The van der Waals surface area contributed by atoms with Crippen molar-refractivity contribution in [3.05, 3.63) is 87.3 Å². The van der Waals surface area contributed by atoms with Gasteiger partial charge < -0.3 is 9.15 Å². The van der Waals surface area contributed by atoms with Crippen molar-refractivity contribution in [3.8, 4) is 5.75 Å². The zero-order chi connectivity index (χ0) is 22.7. The molecular weight excluding hydrogens is 428 g/mol. The number of hydrogen-bond donors (Lipinski definition) is 1. The highest BCUT2D eigenvalue weighted by Gasteiger charge is 2.29. The fraction of sp³-hybridized carbons (Fsp3) is 0.240. The lowest BCUT2D eigenvalue weighted by molar-refractivity contribution is 0.0698. The number of hydrogen-bond acceptors (Lipinski definition) is 5. The first-order valence-corrected chi connectivity index (χ1v) is 10.9. The van der Waals surface area contributed by atoms with Crippen LogP contribution in [0.15, 0.2) is 58.0 Å². The molecule has 1 aliphatic carbocycles. The van der Waals surface area contributed by atoms with Gasteiger partial charge in [-0.1, -0.05) is 42.8 Å². The number of hydrazone groups is 1. The van der Waals surface area contributed by atoms with Crippen LogP contribution in [0.1, 0.15) is 63.1 Å². The van der Waals surface area contributed by atoms with Crippen molar-refractivity contribution >= 4 is 29.2 Å². The highest BCUT2D eigenvalue weighted by Crippen LogP contribution is 2.30. The molecule has 1 aliphatic rings. The Bertz CT molecular complexity index is 1200. The first-order chi connectivity index (χ1) is 15.5. The Morgan fingerprint density at radius 3 is 2.59 bits per heavy atom. The zero-order valence-electron chi connectivity index (χ0n) is 17.9. The SMILES string of the molecule is CCc1ccc(OC(=O)c2oc3c(c2C)/C(=N/NC(=O)c2ccccc2Cl)CCC3)cc1. The third kappa shape index (κ3) is 4.46. The van der Waals surface area contributed by atoms with Gasteiger partial charge in [0, 0.05) is 17.5 Å². The maximum absolute atomic E-state index is 12.8. The number of esters is 1. The van der Waals surface area contributed by atoms with Crippen molar-refractivity contribution in [1.82, 2.24) is 5.43 Å². The normalized spacial score (nSPS) is 14.2. The number of halogens is 1. The fourth-order valence-electron chi connectivity index (χ4n) is 3.75. The molecule has 3 aromatic rings. The first kappa shape index (κ1) is 21.8. The van der Waals surface area contributed by atoms with E-state index in [9.17, 15) is 9.59 Å². The van der Waals surface area contributed by atoms with Crippen LogP contribution in [0.2, 0.25) is 5.02 Å². The number of nitrogens with one attached hydrogen (secondary N) is 1. The molecule has 4 rings (SSSR count). The molecule has 1 aromatic heterocycles. The Labute approximate surface area is 191 Å². The number of amides is 1. The molecule has 0 spiro atoms. The molecule has 0 unspecified atom stereocenters. The summed E-state index contributed by atoms with van der Waals surface area (Å²) in [6.45, 7) is 3.86. The van der Waals surface area contributed by atoms with Crippen LogP contribution in [0.5, 0.6) is 5.75 Å². The summed E-state index contributed by atoms with van der Waals surface area (Å²) in [6, 6.07) is 14.2. The molecule has 1 heterocycles. The lowest BCUT2D eigenvalue weighted by Crippen LogP contribution is -2.22. The monoisotopic (exact) mass is 450 g/mol. The van der Waals surface area contributed by atoms with Crippen LogP contribution in [0.25, 0.3) is 0 Å². The van der Waals surface area contributed by atoms with Gasteiger partial charge in [-0.2, -0.15) is 5.10 Å². The zero-order valence-corrected chi connectivity index (χ0v) is 18.7. The van der Waals surface area contributed by atoms with E-state index in [1.54, 1.807) is 43.3 Å². The van der Waals surface area contributed by atoms with Gasteiger partial charge in [0.25, 0.3) is 5.91 Å². The van der Waals surface area contributed by atoms with Gasteiger partial charge >= 0.3 is 5.97 Å². The van der Waals surface area contributed by atoms with Crippen molar-refractivity contribution in [2.75, 3.05) is 0 Å². The van der Waals surface area contributed by atoms with Crippen LogP contribution < -0.4 is 10.2 Å². The average Bonchev–Trinajstić information content (AvgIpc) is 3.15. The predicted molar refractivity (Wildman–Crippen MR) is 123 cm³/mol. The molecule has 0 fully saturated rings. The summed E-state index contributed by atoms with van der Waals surface area (Å²) >= 11 is 6.09. The Balaban J connectivity index is 1.55. The number of benzene rings is 2. The van der Waals surface area contributed by atoms with E-state index in [4.69, 9.17) is 20.8 Å². The lowest BCUT2D eigenvalue weighted by atomic mass is 9.93. The van der Waals surface area contributed by atoms with Crippen molar-refractivity contribution in [2.45, 2.75) is 39.5 Å². The van der Waals surface area contributed by atoms with Crippen molar-refractivity contribution < 1.29 is 18.7 Å². The minimum absolute atomic E-state index is 0.154. The topological polar surface area (TPSA) is 80.9 Å². The number of nitrogens with zero attached hydrogens (tertiary/aromatic N) is 1. The molecule has 1 N–H and O–H groups in total. The van der Waals surface area contributed by atoms with Crippen molar-refractivity contribution in [3.63, 3.8) is 0 Å². The highest BCUT2D eigenvalue weighted by molar-refractivity contribution is 6.33. The van der Waals surface area contributed by atoms with Gasteiger partial charge in [-0.15, -0.1) is 0 Å². The number of furan rings is 1. The van der Waals surface area contributed by atoms with Gasteiger partial charge in [0.2, 0.25) is 5.76 Å². The molecule has 7 heteroatoms. The molecule has 0 saturated carbocycles. The minimum atomic E-state index is -0.555. The van der Waals surface area contributed by atoms with Crippen LogP contribution in [0.3, 0.4) is 0 Å². The van der Waals surface area contributed by atoms with Gasteiger partial charge in [0.05, 0.1) is 16.3 Å². The van der Waals surface area contributed by atoms with E-state index >= 15 is 0 Å². The number of rotatable bonds is 5. The average molecular weight is 451 g/mol. The fourth-order valence-corrected chi connectivity index (χ4v) is 3.97. The number of ether oxygens (including phenoxy) is 1. The number of fused-ring (bicyclic) bond motifs is 1. The number of carbonyl (C=O) groups is 2. The Hall–Kier alpha value is -3.38. The molecule has 0 aliphatic heterocycles. The summed E-state index contributed by atoms with van der Waals surface area (Å²) in [6.07, 6.45) is 3.05. The Morgan fingerprint density at radius 1 is 1.12 bits per heavy atom. The molecule has 2 aromatic carbocycles. The van der Waals surface area contributed by atoms with Crippen LogP contribution in [-0.4, -0.2) is 17.6 Å². The molecule has 32 heavy (non-hydrogen) atoms. The standard InChI is InChI=1S/C25H23ClN2O4/c1-3-16-11-13-17(14-12-16)31-25(30)23-15(2)22-20(9-6-10-21(22)32-23)27-28-24(29)18-7-4-5-8-19(18)26/h4-5,7-8,11-14H,3,6,9-10H2,1-2H3,(H,28,29)/b27-20+. The molecule has 6 nitrogen and oxygen atoms in total. The van der Waals surface area contributed by atoms with Gasteiger partial charge in [-0.05, 0) is 56.0 Å². The van der Waals surface area contributed by atoms with E-state index < -0.39 is 11.9 Å². The summed E-state index contributed by atoms with van der Waals surface area (Å²) in [5.41, 5.74) is 6.15. The Kier molecular flexibility index (Phi) is 6.42. The van der Waals surface area contributed by atoms with E-state index in [2.05, 4.69) is 17.5 Å². The summed E-state index contributed by atoms with van der Waals surface area (Å²) in [4.78, 5) is 25.2. The van der Waals surface area contributed by atoms with Crippen LogP contribution in [0, 0.1) is 6.92 Å². The third-order valence-electron chi connectivity index (χ3n) is 5.46. The van der Waals surface area contributed by atoms with Crippen molar-refractivity contribution in [2.24, 2.45) is 5.10 Å². The first-order valence-electron chi connectivity index (χ1n) is 10.5. The highest BCUT2D eigenvalue weighted by atomic mass is 35.5. The minimum Gasteiger partial charge on any atom is -0.453 e. The molecular formula is C25H23ClN2O4. The lowest BCUT2D eigenvalue weighted by Gasteiger charge is -2.13. The van der Waals surface area contributed by atoms with E-state index in [1.165, 1.54) is 0 Å². The summed E-state index contributed by atoms with van der Waals surface area (Å²) in [5, 5.41) is 4.68. The van der Waals surface area contributed by atoms with Gasteiger partial charge in [-0.25, -0.2) is 10.2 Å². The predicted octanol–water partition coefficient (Wildman–Crippen LogP) is 5.49. The van der Waals surface area contributed by atoms with E-state index in [-0.39, 0.29) is 5.76 Å². The molecule has 1 amide bonds. The van der Waals surface area contributed by atoms with E-state index in [0.29, 0.717) is 46.2 Å². The van der Waals surface area contributed by atoms with Gasteiger partial charge in [-0.3, -0.25) is 4.79 Å². The van der Waals surface area contributed by atoms with Crippen molar-refractivity contribution in [1.29, 1.82) is 0 Å². The molecule has 0 bridgehead atoms. The van der Waals surface area contributed by atoms with Crippen LogP contribution >= 0.6 is 11.6 Å². The van der Waals surface area contributed by atoms with Crippen LogP contribution in [0.4, 0.5) is 0 Å². The number of aryl methyl sites for hydroxylation is 2. The second-order valence-corrected chi connectivity index (χ2v) is 7.98. The summed E-state index contributed by atoms with van der Waals surface area (Å²) < 4.78 is 11.4. The summed E-state index contributed by atoms with van der Waals surface area (Å²) in [7, 11) is 0. The Morgan fingerprint density at radius 2 is 1.88 bits per heavy atom. The number of carbonyl (C=O) groups excluding carboxylic acids is 2. The second-order valence-electron chi connectivity index (χ2n) is 7.57. The smallest absolute Gasteiger partial charge is 0.379 e. The van der Waals surface area contributed by atoms with Gasteiger partial charge in [0.1, 0.15) is 11.5 Å². The second kappa shape index (κ2) is 9.40. The van der Waals surface area contributed by atoms with E-state index in [0.717, 1.165) is 24.0 Å². The van der Waals surface area contributed by atoms with Gasteiger partial charge in [0.15, 0.2) is 0 Å². The molecule has 0 saturated heterocycles. The molecule has 0 radical (unpaired) electrons. The maximum atomic E-state index is 12.8. The maximum Gasteiger partial charge on any atom is 0.379 e. The van der Waals surface area contributed by atoms with E-state index in [1.807, 2.05) is 12.1 Å². The largest absolute Gasteiger partial charge is 0.453 e. The summed E-state index contributed by atoms with van der Waals surface area (Å²) in [5.74, 6) is 0.336. The molecule has 0 atom stereocenters. The quantitative estimate of drug-likeness (QED) is 0.316.